The van der Waals surface area contributed by atoms with Gasteiger partial charge in [0.15, 0.2) is 0 Å². The Morgan fingerprint density at radius 1 is 1.60 bits per heavy atom. The van der Waals surface area contributed by atoms with Crippen molar-refractivity contribution in [2.75, 3.05) is 0 Å². The molecule has 82 valence electrons. The molecule has 0 unspecified atom stereocenters. The molecule has 0 atom stereocenters. The van der Waals surface area contributed by atoms with Gasteiger partial charge in [-0.15, -0.1) is 11.3 Å². The number of amides is 1. The molecule has 0 aliphatic heterocycles. The van der Waals surface area contributed by atoms with Crippen LogP contribution < -0.4 is 5.32 Å². The number of carbonyl (C=O) groups excluding carboxylic acids is 1. The van der Waals surface area contributed by atoms with E-state index >= 15 is 0 Å². The first kappa shape index (κ1) is 11.1. The molecule has 0 aromatic carbocycles. The third-order valence-corrected chi connectivity index (χ3v) is 4.76. The molecule has 0 saturated heterocycles. The highest BCUT2D eigenvalue weighted by molar-refractivity contribution is 9.10. The van der Waals surface area contributed by atoms with Gasteiger partial charge < -0.3 is 5.32 Å². The predicted octanol–water partition coefficient (Wildman–Crippen LogP) is 3.32. The molecule has 2 rings (SSSR count). The van der Waals surface area contributed by atoms with Crippen molar-refractivity contribution in [3.8, 4) is 0 Å². The standard InChI is InChI=1S/C11H14BrNOS/c12-9-4-5-15-10(9)7-13-11(14)6-8-2-1-3-8/h4-5,8H,1-3,6-7H2,(H,13,14). The van der Waals surface area contributed by atoms with Crippen LogP contribution in [0.4, 0.5) is 0 Å². The molecule has 0 spiro atoms. The predicted molar refractivity (Wildman–Crippen MR) is 65.8 cm³/mol. The SMILES string of the molecule is O=C(CC1CCC1)NCc1sccc1Br. The van der Waals surface area contributed by atoms with E-state index in [1.807, 2.05) is 11.4 Å². The van der Waals surface area contributed by atoms with Gasteiger partial charge >= 0.3 is 0 Å². The van der Waals surface area contributed by atoms with Crippen LogP contribution in [0.5, 0.6) is 0 Å². The van der Waals surface area contributed by atoms with E-state index in [0.29, 0.717) is 18.9 Å². The molecular formula is C11H14BrNOS. The van der Waals surface area contributed by atoms with Crippen LogP contribution in [0, 0.1) is 5.92 Å². The van der Waals surface area contributed by atoms with E-state index in [4.69, 9.17) is 0 Å². The van der Waals surface area contributed by atoms with E-state index in [9.17, 15) is 4.79 Å². The molecule has 1 amide bonds. The maximum atomic E-state index is 11.5. The van der Waals surface area contributed by atoms with Crippen LogP contribution in [-0.4, -0.2) is 5.91 Å². The van der Waals surface area contributed by atoms with E-state index in [1.54, 1.807) is 11.3 Å². The lowest BCUT2D eigenvalue weighted by Gasteiger charge is -2.24. The number of hydrogen-bond donors (Lipinski definition) is 1. The summed E-state index contributed by atoms with van der Waals surface area (Å²) in [6.45, 7) is 0.657. The van der Waals surface area contributed by atoms with Crippen LogP contribution in [0.1, 0.15) is 30.6 Å². The minimum atomic E-state index is 0.194. The van der Waals surface area contributed by atoms with E-state index in [1.165, 1.54) is 24.1 Å². The zero-order chi connectivity index (χ0) is 10.7. The largest absolute Gasteiger partial charge is 0.351 e. The van der Waals surface area contributed by atoms with Gasteiger partial charge in [-0.3, -0.25) is 4.79 Å². The number of rotatable bonds is 4. The second kappa shape index (κ2) is 5.12. The fourth-order valence-corrected chi connectivity index (χ4v) is 3.09. The first-order valence-electron chi connectivity index (χ1n) is 5.24. The van der Waals surface area contributed by atoms with E-state index in [0.717, 1.165) is 4.47 Å². The number of carbonyl (C=O) groups is 1. The molecule has 15 heavy (non-hydrogen) atoms. The Morgan fingerprint density at radius 2 is 2.40 bits per heavy atom. The molecule has 1 heterocycles. The van der Waals surface area contributed by atoms with Crippen LogP contribution in [0.25, 0.3) is 0 Å². The van der Waals surface area contributed by atoms with Crippen LogP contribution in [0.2, 0.25) is 0 Å². The minimum Gasteiger partial charge on any atom is -0.351 e. The minimum absolute atomic E-state index is 0.194. The summed E-state index contributed by atoms with van der Waals surface area (Å²) in [5.41, 5.74) is 0. The van der Waals surface area contributed by atoms with Crippen molar-refractivity contribution < 1.29 is 4.79 Å². The van der Waals surface area contributed by atoms with Crippen molar-refractivity contribution in [3.63, 3.8) is 0 Å². The van der Waals surface area contributed by atoms with Crippen molar-refractivity contribution in [1.29, 1.82) is 0 Å². The van der Waals surface area contributed by atoms with Crippen molar-refractivity contribution in [2.45, 2.75) is 32.2 Å². The molecule has 0 bridgehead atoms. The molecule has 4 heteroatoms. The zero-order valence-electron chi connectivity index (χ0n) is 8.46. The van der Waals surface area contributed by atoms with Gasteiger partial charge in [0, 0.05) is 15.8 Å². The van der Waals surface area contributed by atoms with Gasteiger partial charge in [-0.2, -0.15) is 0 Å². The highest BCUT2D eigenvalue weighted by Crippen LogP contribution is 2.29. The van der Waals surface area contributed by atoms with Crippen LogP contribution in [0.3, 0.4) is 0 Å². The fraction of sp³-hybridized carbons (Fsp3) is 0.545. The first-order chi connectivity index (χ1) is 7.25. The smallest absolute Gasteiger partial charge is 0.220 e. The van der Waals surface area contributed by atoms with Gasteiger partial charge in [0.25, 0.3) is 0 Å². The lowest BCUT2D eigenvalue weighted by Crippen LogP contribution is -2.27. The van der Waals surface area contributed by atoms with Crippen molar-refractivity contribution in [1.82, 2.24) is 5.32 Å². The molecular weight excluding hydrogens is 274 g/mol. The van der Waals surface area contributed by atoms with Crippen LogP contribution in [-0.2, 0) is 11.3 Å². The summed E-state index contributed by atoms with van der Waals surface area (Å²) in [7, 11) is 0. The van der Waals surface area contributed by atoms with Crippen molar-refractivity contribution in [2.24, 2.45) is 5.92 Å². The molecule has 1 saturated carbocycles. The van der Waals surface area contributed by atoms with E-state index in [2.05, 4.69) is 21.2 Å². The number of nitrogens with one attached hydrogen (secondary N) is 1. The summed E-state index contributed by atoms with van der Waals surface area (Å²) in [4.78, 5) is 12.7. The molecule has 2 nitrogen and oxygen atoms in total. The Kier molecular flexibility index (Phi) is 3.81. The number of hydrogen-bond acceptors (Lipinski definition) is 2. The Balaban J connectivity index is 1.73. The van der Waals surface area contributed by atoms with Crippen molar-refractivity contribution >= 4 is 33.2 Å². The first-order valence-corrected chi connectivity index (χ1v) is 6.91. The highest BCUT2D eigenvalue weighted by Gasteiger charge is 2.20. The summed E-state index contributed by atoms with van der Waals surface area (Å²) in [6.07, 6.45) is 4.48. The van der Waals surface area contributed by atoms with Gasteiger partial charge in [0.2, 0.25) is 5.91 Å². The van der Waals surface area contributed by atoms with Gasteiger partial charge in [0.1, 0.15) is 0 Å². The van der Waals surface area contributed by atoms with E-state index < -0.39 is 0 Å². The molecule has 0 radical (unpaired) electrons. The Morgan fingerprint density at radius 3 is 2.93 bits per heavy atom. The molecule has 1 aliphatic carbocycles. The summed E-state index contributed by atoms with van der Waals surface area (Å²) in [5, 5.41) is 4.99. The molecule has 1 aromatic rings. The maximum Gasteiger partial charge on any atom is 0.220 e. The summed E-state index contributed by atoms with van der Waals surface area (Å²) in [5.74, 6) is 0.844. The quantitative estimate of drug-likeness (QED) is 0.904. The summed E-state index contributed by atoms with van der Waals surface area (Å²) in [6, 6.07) is 2.01. The second-order valence-corrected chi connectivity index (χ2v) is 5.82. The molecule has 1 fully saturated rings. The third-order valence-electron chi connectivity index (χ3n) is 2.84. The number of thiophene rings is 1. The lowest BCUT2D eigenvalue weighted by molar-refractivity contribution is -0.122. The summed E-state index contributed by atoms with van der Waals surface area (Å²) < 4.78 is 1.09. The number of halogens is 1. The highest BCUT2D eigenvalue weighted by atomic mass is 79.9. The summed E-state index contributed by atoms with van der Waals surface area (Å²) >= 11 is 5.12. The van der Waals surface area contributed by atoms with Crippen LogP contribution in [0.15, 0.2) is 15.9 Å². The van der Waals surface area contributed by atoms with Gasteiger partial charge in [-0.05, 0) is 46.1 Å². The average Bonchev–Trinajstić information content (AvgIpc) is 2.55. The zero-order valence-corrected chi connectivity index (χ0v) is 10.9. The van der Waals surface area contributed by atoms with Gasteiger partial charge in [-0.25, -0.2) is 0 Å². The second-order valence-electron chi connectivity index (χ2n) is 3.97. The third kappa shape index (κ3) is 3.05. The average molecular weight is 288 g/mol. The normalized spacial score (nSPS) is 16.1. The van der Waals surface area contributed by atoms with Gasteiger partial charge in [-0.1, -0.05) is 6.42 Å². The lowest BCUT2D eigenvalue weighted by atomic mass is 9.83. The van der Waals surface area contributed by atoms with E-state index in [-0.39, 0.29) is 5.91 Å². The topological polar surface area (TPSA) is 29.1 Å². The Bertz CT molecular complexity index is 346. The molecule has 1 N–H and O–H groups in total. The van der Waals surface area contributed by atoms with Crippen LogP contribution >= 0.6 is 27.3 Å². The molecule has 1 aromatic heterocycles. The molecule has 1 aliphatic rings. The Labute approximate surface area is 102 Å². The fourth-order valence-electron chi connectivity index (χ4n) is 1.66. The Hall–Kier alpha value is -0.350. The maximum absolute atomic E-state index is 11.5. The van der Waals surface area contributed by atoms with Crippen molar-refractivity contribution in [3.05, 3.63) is 20.8 Å². The van der Waals surface area contributed by atoms with Gasteiger partial charge in [0.05, 0.1) is 6.54 Å². The monoisotopic (exact) mass is 287 g/mol.